The Balaban J connectivity index is 1.81. The number of rotatable bonds is 5. The largest absolute Gasteiger partial charge is 0.389 e. The monoisotopic (exact) mass is 251 g/mol. The van der Waals surface area contributed by atoms with E-state index in [-0.39, 0.29) is 0 Å². The zero-order valence-electron chi connectivity index (χ0n) is 11.8. The molecule has 4 nitrogen and oxygen atoms in total. The lowest BCUT2D eigenvalue weighted by Gasteiger charge is -2.33. The third-order valence-electron chi connectivity index (χ3n) is 3.95. The van der Waals surface area contributed by atoms with E-state index in [9.17, 15) is 5.11 Å². The molecule has 1 saturated heterocycles. The van der Waals surface area contributed by atoms with Crippen LogP contribution < -0.4 is 0 Å². The highest BCUT2D eigenvalue weighted by atomic mass is 16.3. The van der Waals surface area contributed by atoms with Crippen LogP contribution in [0.4, 0.5) is 0 Å². The van der Waals surface area contributed by atoms with E-state index in [4.69, 9.17) is 0 Å². The van der Waals surface area contributed by atoms with Crippen molar-refractivity contribution in [1.82, 2.24) is 14.5 Å². The van der Waals surface area contributed by atoms with Gasteiger partial charge in [-0.15, -0.1) is 0 Å². The maximum atomic E-state index is 10.2. The van der Waals surface area contributed by atoms with Gasteiger partial charge in [-0.2, -0.15) is 0 Å². The van der Waals surface area contributed by atoms with Crippen molar-refractivity contribution in [3.05, 3.63) is 18.2 Å². The van der Waals surface area contributed by atoms with Crippen LogP contribution in [0.25, 0.3) is 0 Å². The minimum Gasteiger partial charge on any atom is -0.389 e. The van der Waals surface area contributed by atoms with Crippen molar-refractivity contribution in [3.63, 3.8) is 0 Å². The first-order valence-corrected chi connectivity index (χ1v) is 6.92. The normalized spacial score (nSPS) is 21.7. The molecule has 0 aliphatic carbocycles. The fourth-order valence-electron chi connectivity index (χ4n) is 2.98. The van der Waals surface area contributed by atoms with Crippen LogP contribution in [-0.4, -0.2) is 44.3 Å². The Kier molecular flexibility index (Phi) is 4.07. The molecule has 102 valence electrons. The molecule has 0 bridgehead atoms. The molecule has 1 aliphatic rings. The van der Waals surface area contributed by atoms with Gasteiger partial charge in [-0.05, 0) is 46.6 Å². The van der Waals surface area contributed by atoms with Crippen LogP contribution in [0, 0.1) is 6.92 Å². The molecule has 1 aromatic heterocycles. The van der Waals surface area contributed by atoms with Crippen LogP contribution in [-0.2, 0) is 6.54 Å². The lowest BCUT2D eigenvalue weighted by atomic mass is 9.96. The third kappa shape index (κ3) is 3.12. The summed E-state index contributed by atoms with van der Waals surface area (Å²) >= 11 is 0. The Bertz CT molecular complexity index is 381. The second kappa shape index (κ2) is 5.41. The Labute approximate surface area is 110 Å². The number of aliphatic hydroxyl groups is 1. The molecule has 1 aromatic rings. The molecule has 1 unspecified atom stereocenters. The van der Waals surface area contributed by atoms with Gasteiger partial charge in [0.2, 0.25) is 0 Å². The number of imidazole rings is 1. The van der Waals surface area contributed by atoms with Crippen molar-refractivity contribution in [2.75, 3.05) is 13.1 Å². The molecule has 0 saturated carbocycles. The molecular weight excluding hydrogens is 226 g/mol. The van der Waals surface area contributed by atoms with Crippen LogP contribution in [0.2, 0.25) is 0 Å². The zero-order valence-corrected chi connectivity index (χ0v) is 11.8. The van der Waals surface area contributed by atoms with E-state index >= 15 is 0 Å². The van der Waals surface area contributed by atoms with Crippen molar-refractivity contribution in [2.45, 2.75) is 58.2 Å². The standard InChI is InChI=1S/C14H25N3O/c1-12-15-7-11-16(12)9-5-10-17-8-4-6-13(17)14(2,3)18/h7,11,13,18H,4-6,8-10H2,1-3H3. The molecule has 0 radical (unpaired) electrons. The molecule has 1 atom stereocenters. The van der Waals surface area contributed by atoms with Crippen molar-refractivity contribution in [3.8, 4) is 0 Å². The minimum atomic E-state index is -0.582. The van der Waals surface area contributed by atoms with Gasteiger partial charge >= 0.3 is 0 Å². The molecule has 4 heteroatoms. The quantitative estimate of drug-likeness (QED) is 0.868. The van der Waals surface area contributed by atoms with Crippen LogP contribution in [0.15, 0.2) is 12.4 Å². The Morgan fingerprint density at radius 1 is 1.44 bits per heavy atom. The van der Waals surface area contributed by atoms with Gasteiger partial charge in [-0.3, -0.25) is 4.90 Å². The summed E-state index contributed by atoms with van der Waals surface area (Å²) in [6.45, 7) is 9.09. The average Bonchev–Trinajstić information content (AvgIpc) is 2.87. The summed E-state index contributed by atoms with van der Waals surface area (Å²) in [7, 11) is 0. The minimum absolute atomic E-state index is 0.321. The number of hydrogen-bond donors (Lipinski definition) is 1. The Morgan fingerprint density at radius 3 is 2.83 bits per heavy atom. The number of aromatic nitrogens is 2. The van der Waals surface area contributed by atoms with Gasteiger partial charge < -0.3 is 9.67 Å². The van der Waals surface area contributed by atoms with Crippen LogP contribution in [0.5, 0.6) is 0 Å². The molecule has 0 amide bonds. The SMILES string of the molecule is Cc1nccn1CCCN1CCCC1C(C)(C)O. The molecule has 2 rings (SSSR count). The summed E-state index contributed by atoms with van der Waals surface area (Å²) in [5, 5.41) is 10.2. The molecule has 1 N–H and O–H groups in total. The second-order valence-electron chi connectivity index (χ2n) is 5.87. The fourth-order valence-corrected chi connectivity index (χ4v) is 2.98. The van der Waals surface area contributed by atoms with E-state index < -0.39 is 5.60 Å². The number of hydrogen-bond acceptors (Lipinski definition) is 3. The number of aryl methyl sites for hydroxylation is 2. The highest BCUT2D eigenvalue weighted by Crippen LogP contribution is 2.26. The smallest absolute Gasteiger partial charge is 0.105 e. The van der Waals surface area contributed by atoms with E-state index in [0.717, 1.165) is 38.3 Å². The fraction of sp³-hybridized carbons (Fsp3) is 0.786. The lowest BCUT2D eigenvalue weighted by Crippen LogP contribution is -2.46. The molecule has 18 heavy (non-hydrogen) atoms. The average molecular weight is 251 g/mol. The summed E-state index contributed by atoms with van der Waals surface area (Å²) in [5.74, 6) is 1.08. The topological polar surface area (TPSA) is 41.3 Å². The first kappa shape index (κ1) is 13.6. The highest BCUT2D eigenvalue weighted by Gasteiger charge is 2.35. The van der Waals surface area contributed by atoms with Crippen molar-refractivity contribution < 1.29 is 5.11 Å². The van der Waals surface area contributed by atoms with Crippen molar-refractivity contribution in [1.29, 1.82) is 0 Å². The van der Waals surface area contributed by atoms with Gasteiger partial charge in [0, 0.05) is 31.5 Å². The third-order valence-corrected chi connectivity index (χ3v) is 3.95. The van der Waals surface area contributed by atoms with E-state index in [1.165, 1.54) is 6.42 Å². The van der Waals surface area contributed by atoms with Crippen molar-refractivity contribution in [2.24, 2.45) is 0 Å². The predicted molar refractivity (Wildman–Crippen MR) is 72.5 cm³/mol. The van der Waals surface area contributed by atoms with Gasteiger partial charge in [0.05, 0.1) is 5.60 Å². The first-order chi connectivity index (χ1) is 8.48. The summed E-state index contributed by atoms with van der Waals surface area (Å²) in [4.78, 5) is 6.67. The number of nitrogens with zero attached hydrogens (tertiary/aromatic N) is 3. The van der Waals surface area contributed by atoms with Crippen LogP contribution >= 0.6 is 0 Å². The van der Waals surface area contributed by atoms with Crippen molar-refractivity contribution >= 4 is 0 Å². The number of likely N-dealkylation sites (tertiary alicyclic amines) is 1. The summed E-state index contributed by atoms with van der Waals surface area (Å²) < 4.78 is 2.19. The molecule has 2 heterocycles. The van der Waals surface area contributed by atoms with Gasteiger partial charge in [-0.25, -0.2) is 4.98 Å². The molecule has 0 spiro atoms. The van der Waals surface area contributed by atoms with E-state index in [1.807, 2.05) is 33.2 Å². The van der Waals surface area contributed by atoms with Gasteiger partial charge in [-0.1, -0.05) is 0 Å². The predicted octanol–water partition coefficient (Wildman–Crippen LogP) is 1.82. The Morgan fingerprint density at radius 2 is 2.22 bits per heavy atom. The van der Waals surface area contributed by atoms with E-state index in [0.29, 0.717) is 6.04 Å². The summed E-state index contributed by atoms with van der Waals surface area (Å²) in [6, 6.07) is 0.321. The van der Waals surface area contributed by atoms with E-state index in [1.54, 1.807) is 0 Å². The molecule has 1 aliphatic heterocycles. The molecule has 1 fully saturated rings. The maximum Gasteiger partial charge on any atom is 0.105 e. The highest BCUT2D eigenvalue weighted by molar-refractivity contribution is 4.91. The molecular formula is C14H25N3O. The molecule has 0 aromatic carbocycles. The maximum absolute atomic E-state index is 10.2. The zero-order chi connectivity index (χ0) is 13.2. The van der Waals surface area contributed by atoms with Crippen LogP contribution in [0.3, 0.4) is 0 Å². The van der Waals surface area contributed by atoms with E-state index in [2.05, 4.69) is 14.5 Å². The van der Waals surface area contributed by atoms with Gasteiger partial charge in [0.15, 0.2) is 0 Å². The summed E-state index contributed by atoms with van der Waals surface area (Å²) in [5.41, 5.74) is -0.582. The van der Waals surface area contributed by atoms with Gasteiger partial charge in [0.1, 0.15) is 5.82 Å². The summed E-state index contributed by atoms with van der Waals surface area (Å²) in [6.07, 6.45) is 7.33. The first-order valence-electron chi connectivity index (χ1n) is 6.92. The Hall–Kier alpha value is -0.870. The van der Waals surface area contributed by atoms with Crippen LogP contribution in [0.1, 0.15) is 38.9 Å². The lowest BCUT2D eigenvalue weighted by molar-refractivity contribution is -0.00290. The van der Waals surface area contributed by atoms with Gasteiger partial charge in [0.25, 0.3) is 0 Å². The second-order valence-corrected chi connectivity index (χ2v) is 5.87.